The van der Waals surface area contributed by atoms with Gasteiger partial charge in [0.15, 0.2) is 0 Å². The van der Waals surface area contributed by atoms with Crippen LogP contribution in [0.15, 0.2) is 18.3 Å². The van der Waals surface area contributed by atoms with Gasteiger partial charge in [-0.3, -0.25) is 4.72 Å². The molecule has 2 rings (SSSR count). The third kappa shape index (κ3) is 4.31. The smallest absolute Gasteiger partial charge is 0.238 e. The molecule has 1 fully saturated rings. The Balaban J connectivity index is 2.11. The van der Waals surface area contributed by atoms with Gasteiger partial charge in [-0.15, -0.1) is 0 Å². The number of rotatable bonds is 7. The predicted octanol–water partition coefficient (Wildman–Crippen LogP) is 1.15. The number of nitrogens with zero attached hydrogens (tertiary/aromatic N) is 1. The number of methoxy groups -OCH3 is 1. The minimum atomic E-state index is -3.69. The molecular weight excluding hydrogens is 308 g/mol. The highest BCUT2D eigenvalue weighted by Crippen LogP contribution is 2.28. The fourth-order valence-corrected chi connectivity index (χ4v) is 4.11. The second-order valence-corrected chi connectivity index (χ2v) is 7.13. The molecule has 0 spiro atoms. The molecule has 2 N–H and O–H groups in total. The molecule has 0 saturated heterocycles. The number of pyridine rings is 1. The normalized spacial score (nSPS) is 22.3. The van der Waals surface area contributed by atoms with E-state index in [2.05, 4.69) is 9.71 Å². The maximum atomic E-state index is 12.5. The molecule has 1 aromatic heterocycles. The highest BCUT2D eigenvalue weighted by Gasteiger charge is 2.35. The molecule has 0 aliphatic heterocycles. The molecule has 0 unspecified atom stereocenters. The van der Waals surface area contributed by atoms with Gasteiger partial charge in [0, 0.05) is 13.3 Å². The minimum Gasteiger partial charge on any atom is -0.474 e. The molecule has 124 valence electrons. The SMILES string of the molecule is COCCOc1ncccc1NS(=O)(=O)[C@H]1CCCC[C@H]1O. The number of hydrogen-bond donors (Lipinski definition) is 2. The Morgan fingerprint density at radius 1 is 1.36 bits per heavy atom. The van der Waals surface area contributed by atoms with Crippen LogP contribution < -0.4 is 9.46 Å². The number of anilines is 1. The van der Waals surface area contributed by atoms with Crippen LogP contribution in [0.1, 0.15) is 25.7 Å². The highest BCUT2D eigenvalue weighted by molar-refractivity contribution is 7.93. The Labute approximate surface area is 130 Å². The first-order valence-electron chi connectivity index (χ1n) is 7.31. The van der Waals surface area contributed by atoms with Gasteiger partial charge >= 0.3 is 0 Å². The first-order chi connectivity index (χ1) is 10.5. The Morgan fingerprint density at radius 2 is 2.14 bits per heavy atom. The maximum Gasteiger partial charge on any atom is 0.238 e. The summed E-state index contributed by atoms with van der Waals surface area (Å²) in [6, 6.07) is 3.21. The zero-order valence-corrected chi connectivity index (χ0v) is 13.4. The van der Waals surface area contributed by atoms with E-state index < -0.39 is 21.4 Å². The lowest BCUT2D eigenvalue weighted by Crippen LogP contribution is -2.40. The van der Waals surface area contributed by atoms with Crippen LogP contribution in [0, 0.1) is 0 Å². The Morgan fingerprint density at radius 3 is 2.86 bits per heavy atom. The number of hydrogen-bond acceptors (Lipinski definition) is 6. The summed E-state index contributed by atoms with van der Waals surface area (Å²) < 4.78 is 37.7. The van der Waals surface area contributed by atoms with Gasteiger partial charge in [0.05, 0.1) is 12.7 Å². The highest BCUT2D eigenvalue weighted by atomic mass is 32.2. The summed E-state index contributed by atoms with van der Waals surface area (Å²) in [5, 5.41) is 9.14. The number of sulfonamides is 1. The van der Waals surface area contributed by atoms with Crippen LogP contribution in [-0.2, 0) is 14.8 Å². The van der Waals surface area contributed by atoms with Crippen molar-refractivity contribution in [2.45, 2.75) is 37.0 Å². The van der Waals surface area contributed by atoms with E-state index in [1.54, 1.807) is 19.2 Å². The van der Waals surface area contributed by atoms with Gasteiger partial charge < -0.3 is 14.6 Å². The van der Waals surface area contributed by atoms with Crippen molar-refractivity contribution >= 4 is 15.7 Å². The van der Waals surface area contributed by atoms with E-state index in [-0.39, 0.29) is 18.2 Å². The van der Waals surface area contributed by atoms with E-state index in [4.69, 9.17) is 9.47 Å². The fourth-order valence-electron chi connectivity index (χ4n) is 2.47. The van der Waals surface area contributed by atoms with Gasteiger partial charge in [-0.05, 0) is 25.0 Å². The van der Waals surface area contributed by atoms with Gasteiger partial charge in [0.2, 0.25) is 15.9 Å². The fraction of sp³-hybridized carbons (Fsp3) is 0.643. The molecule has 22 heavy (non-hydrogen) atoms. The van der Waals surface area contributed by atoms with Gasteiger partial charge in [-0.1, -0.05) is 12.8 Å². The number of aliphatic hydroxyl groups excluding tert-OH is 1. The molecule has 0 aromatic carbocycles. The van der Waals surface area contributed by atoms with E-state index in [1.807, 2.05) is 0 Å². The quantitative estimate of drug-likeness (QED) is 0.728. The van der Waals surface area contributed by atoms with E-state index in [1.165, 1.54) is 6.20 Å². The van der Waals surface area contributed by atoms with Gasteiger partial charge in [-0.25, -0.2) is 13.4 Å². The van der Waals surface area contributed by atoms with Crippen LogP contribution in [0.3, 0.4) is 0 Å². The minimum absolute atomic E-state index is 0.202. The van der Waals surface area contributed by atoms with Crippen molar-refractivity contribution in [3.05, 3.63) is 18.3 Å². The summed E-state index contributed by atoms with van der Waals surface area (Å²) in [5.41, 5.74) is 0.274. The zero-order chi connectivity index (χ0) is 16.0. The molecule has 1 aliphatic rings. The number of nitrogens with one attached hydrogen (secondary N) is 1. The summed E-state index contributed by atoms with van der Waals surface area (Å²) in [5.74, 6) is 0.202. The summed E-state index contributed by atoms with van der Waals surface area (Å²) in [7, 11) is -2.14. The van der Waals surface area contributed by atoms with Gasteiger partial charge in [0.25, 0.3) is 0 Å². The Hall–Kier alpha value is -1.38. The lowest BCUT2D eigenvalue weighted by molar-refractivity contribution is 0.133. The van der Waals surface area contributed by atoms with Gasteiger partial charge in [0.1, 0.15) is 17.5 Å². The van der Waals surface area contributed by atoms with Crippen LogP contribution in [-0.4, -0.2) is 50.2 Å². The summed E-state index contributed by atoms with van der Waals surface area (Å²) in [4.78, 5) is 4.03. The van der Waals surface area contributed by atoms with Crippen molar-refractivity contribution < 1.29 is 23.0 Å². The van der Waals surface area contributed by atoms with E-state index >= 15 is 0 Å². The molecule has 7 nitrogen and oxygen atoms in total. The van der Waals surface area contributed by atoms with Crippen LogP contribution in [0.4, 0.5) is 5.69 Å². The van der Waals surface area contributed by atoms with Crippen molar-refractivity contribution in [3.63, 3.8) is 0 Å². The zero-order valence-electron chi connectivity index (χ0n) is 12.6. The van der Waals surface area contributed by atoms with Crippen molar-refractivity contribution in [1.82, 2.24) is 4.98 Å². The molecular formula is C14H22N2O5S. The first kappa shape index (κ1) is 17.0. The van der Waals surface area contributed by atoms with Crippen molar-refractivity contribution in [2.24, 2.45) is 0 Å². The lowest BCUT2D eigenvalue weighted by Gasteiger charge is -2.27. The predicted molar refractivity (Wildman–Crippen MR) is 82.4 cm³/mol. The van der Waals surface area contributed by atoms with Crippen molar-refractivity contribution in [3.8, 4) is 5.88 Å². The standard InChI is InChI=1S/C14H22N2O5S/c1-20-9-10-21-14-11(5-4-8-15-14)16-22(18,19)13-7-3-2-6-12(13)17/h4-5,8,12-13,16-17H,2-3,6-7,9-10H2,1H3/t12-,13+/m1/s1. The number of ether oxygens (including phenoxy) is 2. The Kier molecular flexibility index (Phi) is 5.98. The maximum absolute atomic E-state index is 12.5. The molecule has 8 heteroatoms. The molecule has 0 amide bonds. The molecule has 0 bridgehead atoms. The van der Waals surface area contributed by atoms with E-state index in [9.17, 15) is 13.5 Å². The second-order valence-electron chi connectivity index (χ2n) is 5.23. The molecule has 2 atom stereocenters. The monoisotopic (exact) mass is 330 g/mol. The summed E-state index contributed by atoms with van der Waals surface area (Å²) in [6.45, 7) is 0.651. The summed E-state index contributed by atoms with van der Waals surface area (Å²) in [6.07, 6.45) is 3.31. The third-order valence-electron chi connectivity index (χ3n) is 3.62. The third-order valence-corrected chi connectivity index (χ3v) is 5.47. The molecule has 1 aliphatic carbocycles. The number of aromatic nitrogens is 1. The summed E-state index contributed by atoms with van der Waals surface area (Å²) >= 11 is 0. The molecule has 1 aromatic rings. The van der Waals surface area contributed by atoms with Crippen LogP contribution in [0.25, 0.3) is 0 Å². The lowest BCUT2D eigenvalue weighted by atomic mass is 9.97. The molecule has 0 radical (unpaired) electrons. The second kappa shape index (κ2) is 7.75. The first-order valence-corrected chi connectivity index (χ1v) is 8.85. The van der Waals surface area contributed by atoms with E-state index in [0.717, 1.165) is 12.8 Å². The van der Waals surface area contributed by atoms with Gasteiger partial charge in [-0.2, -0.15) is 0 Å². The number of aliphatic hydroxyl groups is 1. The Bertz CT molecular complexity index is 578. The van der Waals surface area contributed by atoms with E-state index in [0.29, 0.717) is 19.4 Å². The van der Waals surface area contributed by atoms with Crippen LogP contribution >= 0.6 is 0 Å². The van der Waals surface area contributed by atoms with Crippen molar-refractivity contribution in [2.75, 3.05) is 25.0 Å². The molecule has 1 saturated carbocycles. The average Bonchev–Trinajstić information content (AvgIpc) is 2.49. The largest absolute Gasteiger partial charge is 0.474 e. The topological polar surface area (TPSA) is 97.8 Å². The van der Waals surface area contributed by atoms with Crippen molar-refractivity contribution in [1.29, 1.82) is 0 Å². The van der Waals surface area contributed by atoms with Crippen LogP contribution in [0.2, 0.25) is 0 Å². The average molecular weight is 330 g/mol. The van der Waals surface area contributed by atoms with Crippen LogP contribution in [0.5, 0.6) is 5.88 Å². The molecule has 1 heterocycles.